The van der Waals surface area contributed by atoms with Crippen LogP contribution in [0.2, 0.25) is 0 Å². The van der Waals surface area contributed by atoms with Gasteiger partial charge in [0.1, 0.15) is 17.3 Å². The van der Waals surface area contributed by atoms with Gasteiger partial charge in [-0.25, -0.2) is 4.98 Å². The lowest BCUT2D eigenvalue weighted by atomic mass is 9.62. The number of hydrogen-bond acceptors (Lipinski definition) is 2. The maximum Gasteiger partial charge on any atom is 0.269 e. The third-order valence-electron chi connectivity index (χ3n) is 22.1. The lowest BCUT2D eigenvalue weighted by molar-refractivity contribution is -0.570. The molecular weight excluding hydrogens is 1300 g/mol. The Labute approximate surface area is 642 Å². The molecule has 106 heavy (non-hydrogen) atoms. The monoisotopic (exact) mass is 1400 g/mol. The largest absolute Gasteiger partial charge is 0.458 e. The van der Waals surface area contributed by atoms with Gasteiger partial charge in [0, 0.05) is 23.0 Å². The molecule has 2 aliphatic rings. The molecule has 3 aromatic heterocycles. The molecule has 0 fully saturated rings. The van der Waals surface area contributed by atoms with Gasteiger partial charge in [0.05, 0.1) is 51.3 Å². The third kappa shape index (κ3) is 11.2. The second-order valence-corrected chi connectivity index (χ2v) is 35.5. The van der Waals surface area contributed by atoms with Crippen LogP contribution in [-0.4, -0.2) is 22.2 Å². The Hall–Kier alpha value is -11.7. The number of nitrogens with zero attached hydrogens (tertiary/aromatic N) is 4. The minimum Gasteiger partial charge on any atom is -0.458 e. The van der Waals surface area contributed by atoms with Crippen molar-refractivity contribution in [1.82, 2.24) is 14.1 Å². The summed E-state index contributed by atoms with van der Waals surface area (Å²) in [6, 6.07) is 72.2. The number of para-hydroxylation sites is 1. The molecule has 1 aliphatic heterocycles. The predicted molar refractivity (Wildman–Crippen MR) is 445 cm³/mol. The SMILES string of the molecule is [2H]c1c([2H])c([2H])c(-c2c([2H])c(-c3cc(C(C)(C)C)cc4c3-[n+]3[c-]n(-c5cccc(Oc6ccc7c8cc([Si](c9ccccc9)(c9ccccc9)c9ccccc9)ccc8n(-c8cc(C(C)(C)C)ccn8)c7c6)c5)c5cccc(c53)-c3ccccc3-c3cc5c(cc3-4)C(C)(C)CCC5(C)C)c([2H])c(-c3c([2H])c([2H])c([2H])c([2H])c3[2H])c2[2H])c([2H])c1[2H]. The molecule has 0 atom stereocenters. The Morgan fingerprint density at radius 1 is 0.425 bits per heavy atom. The summed E-state index contributed by atoms with van der Waals surface area (Å²) in [7, 11) is -3.00. The number of aromatic nitrogens is 4. The molecule has 0 amide bonds. The zero-order valence-electron chi connectivity index (χ0n) is 74.1. The summed E-state index contributed by atoms with van der Waals surface area (Å²) in [4.78, 5) is 5.14. The van der Waals surface area contributed by atoms with E-state index in [9.17, 15) is 9.60 Å². The fourth-order valence-corrected chi connectivity index (χ4v) is 21.3. The minimum atomic E-state index is -3.00. The molecule has 0 N–H and O–H groups in total. The van der Waals surface area contributed by atoms with Gasteiger partial charge in [-0.2, -0.15) is 0 Å². The van der Waals surface area contributed by atoms with E-state index in [1.54, 1.807) is 0 Å². The average molecular weight is 1400 g/mol. The zero-order chi connectivity index (χ0) is 83.7. The second-order valence-electron chi connectivity index (χ2n) is 31.7. The predicted octanol–water partition coefficient (Wildman–Crippen LogP) is 22.6. The molecule has 4 heterocycles. The Kier molecular flexibility index (Phi) is 12.7. The summed E-state index contributed by atoms with van der Waals surface area (Å²) >= 11 is 0. The average Bonchev–Trinajstić information content (AvgIpc) is 1.68. The maximum absolute atomic E-state index is 10.8. The summed E-state index contributed by atoms with van der Waals surface area (Å²) in [5.74, 6) is 1.83. The fraction of sp³-hybridized carbons (Fsp3) is 0.160. The van der Waals surface area contributed by atoms with Gasteiger partial charge in [-0.15, -0.1) is 0 Å². The maximum atomic E-state index is 10.8. The van der Waals surface area contributed by atoms with Crippen molar-refractivity contribution in [3.05, 3.63) is 344 Å². The number of pyridine rings is 1. The Morgan fingerprint density at radius 2 is 0.962 bits per heavy atom. The van der Waals surface area contributed by atoms with Crippen molar-refractivity contribution in [3.63, 3.8) is 0 Å². The first-order valence-corrected chi connectivity index (χ1v) is 38.5. The molecule has 0 radical (unpaired) electrons. The van der Waals surface area contributed by atoms with Gasteiger partial charge >= 0.3 is 0 Å². The standard InChI is InChI=1S/C100H86N4OSi/c1-97(2,3)71-50-53-101-94(59-71)104-91-49-47-79(106(76-36-20-13-21-37-76,77-38-22-14-23-39-77)78-40-24-15-25-41-78)62-87(91)82-48-46-75(61-93(82)104)105-74-35-28-34-73(60-74)102-65-103-95-84(70-55-68(66-30-16-11-17-31-66)54-69(56-70)67-32-18-12-19-33-67)57-72(98(4,5)6)58-88(95)86-64-90-89(99(7,8)51-52-100(90,9)10)63-85(86)81-43-27-26-42-80(81)83-44-29-45-92(102)96(83)103/h11-50,53-64H,51-52H2,1-10H3/i11D,12D,16D,17D,18D,19D,30D,31D,32D,33D,54D,55D,56D. The van der Waals surface area contributed by atoms with E-state index in [1.165, 1.54) is 26.3 Å². The van der Waals surface area contributed by atoms with Gasteiger partial charge in [0.15, 0.2) is 8.07 Å². The van der Waals surface area contributed by atoms with Crippen molar-refractivity contribution in [2.24, 2.45) is 0 Å². The normalized spacial score (nSPS) is 15.5. The molecule has 0 spiro atoms. The zero-order valence-corrected chi connectivity index (χ0v) is 62.1. The number of hydrogen-bond donors (Lipinski definition) is 0. The highest BCUT2D eigenvalue weighted by atomic mass is 28.3. The minimum absolute atomic E-state index is 0.194. The van der Waals surface area contributed by atoms with Gasteiger partial charge in [0.25, 0.3) is 6.33 Å². The second kappa shape index (κ2) is 25.3. The van der Waals surface area contributed by atoms with Crippen molar-refractivity contribution in [2.45, 2.75) is 104 Å². The molecule has 0 saturated heterocycles. The van der Waals surface area contributed by atoms with Crippen molar-refractivity contribution in [2.75, 3.05) is 0 Å². The summed E-state index contributed by atoms with van der Waals surface area (Å²) in [6.07, 6.45) is 7.62. The molecule has 5 nitrogen and oxygen atoms in total. The highest BCUT2D eigenvalue weighted by molar-refractivity contribution is 7.20. The van der Waals surface area contributed by atoms with Crippen molar-refractivity contribution >= 4 is 61.7 Å². The van der Waals surface area contributed by atoms with Crippen LogP contribution >= 0.6 is 0 Å². The Balaban J connectivity index is 0.902. The van der Waals surface area contributed by atoms with E-state index < -0.39 is 114 Å². The fourth-order valence-electron chi connectivity index (χ4n) is 16.5. The molecule has 0 saturated carbocycles. The van der Waals surface area contributed by atoms with E-state index in [1.807, 2.05) is 69.9 Å². The first-order chi connectivity index (χ1) is 56.7. The highest BCUT2D eigenvalue weighted by Gasteiger charge is 2.43. The van der Waals surface area contributed by atoms with Gasteiger partial charge in [-0.1, -0.05) is 300 Å². The lowest BCUT2D eigenvalue weighted by Gasteiger charge is -2.42. The van der Waals surface area contributed by atoms with Crippen LogP contribution in [0.25, 0.3) is 117 Å². The van der Waals surface area contributed by atoms with Crippen LogP contribution in [0.3, 0.4) is 0 Å². The molecule has 1 aliphatic carbocycles. The molecule has 516 valence electrons. The van der Waals surface area contributed by atoms with Crippen LogP contribution in [0.4, 0.5) is 0 Å². The van der Waals surface area contributed by atoms with Gasteiger partial charge in [0.2, 0.25) is 0 Å². The Bertz CT molecular complexity index is 6710. The smallest absolute Gasteiger partial charge is 0.269 e. The number of fused-ring (bicyclic) bond motifs is 11. The summed E-state index contributed by atoms with van der Waals surface area (Å²) in [5.41, 5.74) is 10.0. The van der Waals surface area contributed by atoms with E-state index in [0.29, 0.717) is 39.5 Å². The summed E-state index contributed by atoms with van der Waals surface area (Å²) < 4.78 is 137. The van der Waals surface area contributed by atoms with Crippen LogP contribution in [0.5, 0.6) is 11.5 Å². The molecule has 0 unspecified atom stereocenters. The number of rotatable bonds is 11. The van der Waals surface area contributed by atoms with E-state index in [2.05, 4.69) is 256 Å². The third-order valence-corrected chi connectivity index (χ3v) is 26.9. The molecule has 13 aromatic carbocycles. The summed E-state index contributed by atoms with van der Waals surface area (Å²) in [6.45, 7) is 22.0. The molecular formula is C100H86N4OSi. The van der Waals surface area contributed by atoms with E-state index in [0.717, 1.165) is 85.0 Å². The Morgan fingerprint density at radius 3 is 1.57 bits per heavy atom. The van der Waals surface area contributed by atoms with E-state index in [4.69, 9.17) is 17.9 Å². The van der Waals surface area contributed by atoms with Gasteiger partial charge < -0.3 is 4.74 Å². The topological polar surface area (TPSA) is 35.9 Å². The first-order valence-electron chi connectivity index (χ1n) is 43.0. The molecule has 6 heteroatoms. The van der Waals surface area contributed by atoms with E-state index >= 15 is 0 Å². The number of ether oxygens (including phenoxy) is 1. The van der Waals surface area contributed by atoms with Crippen molar-refractivity contribution < 1.29 is 27.1 Å². The quantitative estimate of drug-likeness (QED) is 0.0560. The highest BCUT2D eigenvalue weighted by Crippen LogP contribution is 2.54. The summed E-state index contributed by atoms with van der Waals surface area (Å²) in [5, 5.41) is 7.09. The van der Waals surface area contributed by atoms with Crippen LogP contribution in [-0.2, 0) is 21.7 Å². The molecule has 16 aromatic rings. The van der Waals surface area contributed by atoms with Crippen molar-refractivity contribution in [3.8, 4) is 95.5 Å². The van der Waals surface area contributed by atoms with Crippen molar-refractivity contribution in [1.29, 1.82) is 0 Å². The van der Waals surface area contributed by atoms with Crippen LogP contribution in [0.15, 0.2) is 315 Å². The molecule has 0 bridgehead atoms. The van der Waals surface area contributed by atoms with E-state index in [-0.39, 0.29) is 27.4 Å². The molecule has 18 rings (SSSR count). The number of benzene rings is 13. The number of imidazole rings is 1. The first kappa shape index (κ1) is 53.1. The van der Waals surface area contributed by atoms with Crippen LogP contribution < -0.4 is 30.1 Å². The van der Waals surface area contributed by atoms with Gasteiger partial charge in [-0.3, -0.25) is 13.7 Å². The van der Waals surface area contributed by atoms with Crippen LogP contribution in [0.1, 0.15) is 122 Å². The lowest BCUT2D eigenvalue weighted by Crippen LogP contribution is -2.74. The van der Waals surface area contributed by atoms with Crippen LogP contribution in [0, 0.1) is 6.33 Å². The van der Waals surface area contributed by atoms with Gasteiger partial charge in [-0.05, 0) is 217 Å².